The zero-order valence-electron chi connectivity index (χ0n) is 17.6. The zero-order chi connectivity index (χ0) is 22.6. The molecule has 9 heteroatoms. The van der Waals surface area contributed by atoms with Gasteiger partial charge in [0.25, 0.3) is 5.91 Å². The van der Waals surface area contributed by atoms with E-state index in [4.69, 9.17) is 14.6 Å². The predicted octanol–water partition coefficient (Wildman–Crippen LogP) is 3.20. The smallest absolute Gasteiger partial charge is 0.475 e. The second-order valence-corrected chi connectivity index (χ2v) is 8.53. The van der Waals surface area contributed by atoms with Gasteiger partial charge in [0.15, 0.2) is 0 Å². The van der Waals surface area contributed by atoms with Crippen molar-refractivity contribution in [1.29, 1.82) is 0 Å². The number of rotatable bonds is 3. The third-order valence-corrected chi connectivity index (χ3v) is 6.05. The molecule has 2 atom stereocenters. The van der Waals surface area contributed by atoms with E-state index in [2.05, 4.69) is 4.90 Å². The molecular weight excluding hydrogens is 413 g/mol. The summed E-state index contributed by atoms with van der Waals surface area (Å²) in [5.41, 5.74) is 1.89. The van der Waals surface area contributed by atoms with Crippen LogP contribution in [0.1, 0.15) is 35.2 Å². The van der Waals surface area contributed by atoms with Gasteiger partial charge in [0, 0.05) is 44.2 Å². The van der Waals surface area contributed by atoms with E-state index in [1.54, 1.807) is 0 Å². The maximum atomic E-state index is 12.9. The van der Waals surface area contributed by atoms with Gasteiger partial charge in [-0.25, -0.2) is 4.79 Å². The van der Waals surface area contributed by atoms with Crippen LogP contribution in [-0.2, 0) is 9.53 Å². The molecule has 0 spiro atoms. The Morgan fingerprint density at radius 3 is 2.42 bits per heavy atom. The Morgan fingerprint density at radius 1 is 1.13 bits per heavy atom. The fourth-order valence-electron chi connectivity index (χ4n) is 4.12. The van der Waals surface area contributed by atoms with Gasteiger partial charge in [-0.05, 0) is 43.7 Å². The number of carbonyl (C=O) groups is 2. The van der Waals surface area contributed by atoms with E-state index >= 15 is 0 Å². The number of likely N-dealkylation sites (tertiary alicyclic amines) is 1. The molecule has 6 nitrogen and oxygen atoms in total. The minimum absolute atomic E-state index is 0.161. The van der Waals surface area contributed by atoms with E-state index in [1.165, 1.54) is 19.4 Å². The number of halogens is 3. The van der Waals surface area contributed by atoms with Crippen LogP contribution in [0.25, 0.3) is 0 Å². The minimum atomic E-state index is -5.08. The Morgan fingerprint density at radius 2 is 1.81 bits per heavy atom. The topological polar surface area (TPSA) is 70.1 Å². The maximum Gasteiger partial charge on any atom is 0.490 e. The quantitative estimate of drug-likeness (QED) is 0.779. The van der Waals surface area contributed by atoms with Gasteiger partial charge >= 0.3 is 12.1 Å². The molecule has 2 aliphatic heterocycles. The van der Waals surface area contributed by atoms with Crippen LogP contribution in [-0.4, -0.2) is 78.4 Å². The number of alkyl halides is 3. The summed E-state index contributed by atoms with van der Waals surface area (Å²) < 4.78 is 37.9. The lowest BCUT2D eigenvalue weighted by Gasteiger charge is -2.38. The average molecular weight is 442 g/mol. The molecule has 2 heterocycles. The molecule has 4 rings (SSSR count). The van der Waals surface area contributed by atoms with Gasteiger partial charge in [-0.15, -0.1) is 0 Å². The third-order valence-electron chi connectivity index (χ3n) is 6.05. The summed E-state index contributed by atoms with van der Waals surface area (Å²) in [5, 5.41) is 7.12. The van der Waals surface area contributed by atoms with E-state index < -0.39 is 12.1 Å². The lowest BCUT2D eigenvalue weighted by atomic mass is 9.92. The van der Waals surface area contributed by atoms with Gasteiger partial charge in [0.1, 0.15) is 0 Å². The van der Waals surface area contributed by atoms with Crippen molar-refractivity contribution in [2.75, 3.05) is 39.3 Å². The van der Waals surface area contributed by atoms with Crippen molar-refractivity contribution in [3.63, 3.8) is 0 Å². The summed E-state index contributed by atoms with van der Waals surface area (Å²) in [5.74, 6) is -1.09. The number of aliphatic carboxylic acids is 1. The predicted molar refractivity (Wildman–Crippen MR) is 108 cm³/mol. The van der Waals surface area contributed by atoms with Crippen molar-refractivity contribution in [3.05, 3.63) is 35.4 Å². The highest BCUT2D eigenvalue weighted by atomic mass is 19.4. The Hall–Kier alpha value is -2.13. The zero-order valence-corrected chi connectivity index (χ0v) is 17.6. The number of benzene rings is 1. The average Bonchev–Trinajstić information content (AvgIpc) is 3.54. The number of fused-ring (bicyclic) bond motifs is 1. The van der Waals surface area contributed by atoms with Gasteiger partial charge in [-0.3, -0.25) is 4.79 Å². The van der Waals surface area contributed by atoms with E-state index in [9.17, 15) is 18.0 Å². The van der Waals surface area contributed by atoms with Crippen molar-refractivity contribution in [3.8, 4) is 0 Å². The molecule has 0 bridgehead atoms. The summed E-state index contributed by atoms with van der Waals surface area (Å²) in [6, 6.07) is 7.89. The fraction of sp³-hybridized carbons (Fsp3) is 0.636. The van der Waals surface area contributed by atoms with Crippen LogP contribution in [0.4, 0.5) is 13.2 Å². The second kappa shape index (κ2) is 9.99. The van der Waals surface area contributed by atoms with E-state index in [1.807, 2.05) is 36.1 Å². The molecule has 1 aromatic rings. The van der Waals surface area contributed by atoms with Gasteiger partial charge in [-0.1, -0.05) is 18.2 Å². The third kappa shape index (κ3) is 6.67. The standard InChI is InChI=1S/C20H28N2O2.C2HF3O2/c1-15-4-2-3-5-18(15)20(23)22-9-8-17-13-21(12-16-6-7-16)10-11-24-19(17)14-22;3-2(4,5)1(6)7/h2-5,16-17,19H,6-14H2,1H3;(H,6,7)/t17-,19-;/m1./s1. The lowest BCUT2D eigenvalue weighted by molar-refractivity contribution is -0.192. The first-order valence-electron chi connectivity index (χ1n) is 10.6. The van der Waals surface area contributed by atoms with Gasteiger partial charge in [0.2, 0.25) is 0 Å². The van der Waals surface area contributed by atoms with E-state index in [0.29, 0.717) is 5.92 Å². The first-order valence-corrected chi connectivity index (χ1v) is 10.6. The van der Waals surface area contributed by atoms with Gasteiger partial charge in [0.05, 0.1) is 12.7 Å². The van der Waals surface area contributed by atoms with Crippen molar-refractivity contribution >= 4 is 11.9 Å². The molecule has 1 N–H and O–H groups in total. The van der Waals surface area contributed by atoms with Crippen LogP contribution in [0.2, 0.25) is 0 Å². The molecule has 1 amide bonds. The number of hydrogen-bond donors (Lipinski definition) is 1. The molecule has 172 valence electrons. The van der Waals surface area contributed by atoms with Gasteiger partial charge in [-0.2, -0.15) is 13.2 Å². The van der Waals surface area contributed by atoms with Crippen molar-refractivity contribution in [1.82, 2.24) is 9.80 Å². The molecule has 0 unspecified atom stereocenters. The Labute approximate surface area is 180 Å². The van der Waals surface area contributed by atoms with Crippen LogP contribution in [0.5, 0.6) is 0 Å². The van der Waals surface area contributed by atoms with Crippen LogP contribution < -0.4 is 0 Å². The van der Waals surface area contributed by atoms with Crippen LogP contribution in [0, 0.1) is 18.8 Å². The minimum Gasteiger partial charge on any atom is -0.475 e. The number of carboxylic acids is 1. The highest BCUT2D eigenvalue weighted by Crippen LogP contribution is 2.32. The number of piperidine rings is 1. The molecule has 3 aliphatic rings. The van der Waals surface area contributed by atoms with Gasteiger partial charge < -0.3 is 19.6 Å². The van der Waals surface area contributed by atoms with E-state index in [0.717, 1.165) is 56.3 Å². The number of carboxylic acid groups (broad SMARTS) is 1. The summed E-state index contributed by atoms with van der Waals surface area (Å²) in [4.78, 5) is 26.4. The highest BCUT2D eigenvalue weighted by molar-refractivity contribution is 5.95. The number of aryl methyl sites for hydroxylation is 1. The molecule has 1 saturated carbocycles. The van der Waals surface area contributed by atoms with Crippen molar-refractivity contribution in [2.45, 2.75) is 38.5 Å². The second-order valence-electron chi connectivity index (χ2n) is 8.53. The Bertz CT molecular complexity index is 782. The monoisotopic (exact) mass is 442 g/mol. The van der Waals surface area contributed by atoms with Crippen LogP contribution >= 0.6 is 0 Å². The number of hydrogen-bond acceptors (Lipinski definition) is 4. The lowest BCUT2D eigenvalue weighted by Crippen LogP contribution is -2.49. The number of nitrogens with zero attached hydrogens (tertiary/aromatic N) is 2. The molecule has 31 heavy (non-hydrogen) atoms. The first-order chi connectivity index (χ1) is 14.6. The number of ether oxygens (including phenoxy) is 1. The van der Waals surface area contributed by atoms with E-state index in [-0.39, 0.29) is 12.0 Å². The molecule has 0 radical (unpaired) electrons. The summed E-state index contributed by atoms with van der Waals surface area (Å²) >= 11 is 0. The molecule has 1 aliphatic carbocycles. The van der Waals surface area contributed by atoms with Crippen LogP contribution in [0.3, 0.4) is 0 Å². The Balaban J connectivity index is 0.000000339. The number of carbonyl (C=O) groups excluding carboxylic acids is 1. The van der Waals surface area contributed by atoms with Crippen LogP contribution in [0.15, 0.2) is 24.3 Å². The summed E-state index contributed by atoms with van der Waals surface area (Å²) in [6.45, 7) is 7.86. The largest absolute Gasteiger partial charge is 0.490 e. The fourth-order valence-corrected chi connectivity index (χ4v) is 4.12. The summed E-state index contributed by atoms with van der Waals surface area (Å²) in [7, 11) is 0. The molecule has 3 fully saturated rings. The molecule has 1 aromatic carbocycles. The highest BCUT2D eigenvalue weighted by Gasteiger charge is 2.38. The first kappa shape index (κ1) is 23.5. The molecule has 0 aromatic heterocycles. The summed E-state index contributed by atoms with van der Waals surface area (Å²) in [6.07, 6.45) is -1.01. The molecule has 2 saturated heterocycles. The normalized spacial score (nSPS) is 24.5. The Kier molecular flexibility index (Phi) is 7.59. The van der Waals surface area contributed by atoms with Crippen molar-refractivity contribution in [2.24, 2.45) is 11.8 Å². The maximum absolute atomic E-state index is 12.9. The number of amides is 1. The molecular formula is C22H29F3N2O4. The SMILES string of the molecule is Cc1ccccc1C(=O)N1CC[C@@H]2CN(CC3CC3)CCO[C@@H]2C1.O=C(O)C(F)(F)F. The van der Waals surface area contributed by atoms with Crippen molar-refractivity contribution < 1.29 is 32.6 Å².